The van der Waals surface area contributed by atoms with Crippen molar-refractivity contribution in [2.24, 2.45) is 0 Å². The summed E-state index contributed by atoms with van der Waals surface area (Å²) in [6, 6.07) is 4.62. The Morgan fingerprint density at radius 3 is 2.72 bits per heavy atom. The molecule has 0 N–H and O–H groups in total. The lowest BCUT2D eigenvalue weighted by Gasteiger charge is -2.03. The number of benzene rings is 1. The Balaban J connectivity index is 2.74. The molecule has 1 unspecified atom stereocenters. The van der Waals surface area contributed by atoms with Gasteiger partial charge in [-0.1, -0.05) is 6.07 Å². The number of nitrogens with zero attached hydrogens (tertiary/aromatic N) is 1. The van der Waals surface area contributed by atoms with Crippen LogP contribution in [0.2, 0.25) is 0 Å². The fourth-order valence-electron chi connectivity index (χ4n) is 1.46. The molecule has 0 heterocycles. The standard InChI is InChI=1S/C11H15NO5P/c1-3-17-18(15)7-6-9-4-5-10(12(13)14)11(8-9)16-2/h4-5,8H,3,6-7H2,1-2H3/q+1. The summed E-state index contributed by atoms with van der Waals surface area (Å²) in [5, 5.41) is 10.7. The number of rotatable bonds is 7. The predicted molar refractivity (Wildman–Crippen MR) is 67.5 cm³/mol. The molecular weight excluding hydrogens is 257 g/mol. The van der Waals surface area contributed by atoms with Crippen molar-refractivity contribution in [2.75, 3.05) is 19.9 Å². The quantitative estimate of drug-likeness (QED) is 0.433. The van der Waals surface area contributed by atoms with Crippen LogP contribution in [-0.2, 0) is 15.5 Å². The van der Waals surface area contributed by atoms with Crippen molar-refractivity contribution < 1.29 is 18.7 Å². The number of nitro benzene ring substituents is 1. The zero-order valence-electron chi connectivity index (χ0n) is 10.3. The SMILES string of the molecule is CCO[P+](=O)CCc1ccc([N+](=O)[O-])c(OC)c1. The maximum absolute atomic E-state index is 11.3. The third-order valence-corrected chi connectivity index (χ3v) is 3.43. The average Bonchev–Trinajstić information content (AvgIpc) is 2.36. The highest BCUT2D eigenvalue weighted by atomic mass is 31.1. The van der Waals surface area contributed by atoms with Crippen LogP contribution in [0.3, 0.4) is 0 Å². The molecule has 0 aliphatic heterocycles. The molecule has 7 heteroatoms. The summed E-state index contributed by atoms with van der Waals surface area (Å²) in [6.45, 7) is 2.20. The number of ether oxygens (including phenoxy) is 1. The van der Waals surface area contributed by atoms with Gasteiger partial charge in [0.15, 0.2) is 11.9 Å². The van der Waals surface area contributed by atoms with Gasteiger partial charge in [-0.3, -0.25) is 10.1 Å². The van der Waals surface area contributed by atoms with Crippen molar-refractivity contribution in [2.45, 2.75) is 13.3 Å². The van der Waals surface area contributed by atoms with Crippen molar-refractivity contribution in [1.29, 1.82) is 0 Å². The van der Waals surface area contributed by atoms with Crippen molar-refractivity contribution in [3.05, 3.63) is 33.9 Å². The molecule has 1 atom stereocenters. The van der Waals surface area contributed by atoms with Crippen molar-refractivity contribution in [3.63, 3.8) is 0 Å². The molecule has 0 aliphatic rings. The number of hydrogen-bond acceptors (Lipinski definition) is 5. The zero-order valence-corrected chi connectivity index (χ0v) is 11.2. The molecule has 0 spiro atoms. The third-order valence-electron chi connectivity index (χ3n) is 2.30. The lowest BCUT2D eigenvalue weighted by molar-refractivity contribution is -0.385. The molecule has 0 radical (unpaired) electrons. The Labute approximate surface area is 106 Å². The van der Waals surface area contributed by atoms with Gasteiger partial charge in [0, 0.05) is 12.5 Å². The smallest absolute Gasteiger partial charge is 0.490 e. The molecule has 1 aromatic carbocycles. The lowest BCUT2D eigenvalue weighted by Crippen LogP contribution is -1.96. The summed E-state index contributed by atoms with van der Waals surface area (Å²) in [7, 11) is -0.281. The van der Waals surface area contributed by atoms with E-state index in [2.05, 4.69) is 0 Å². The van der Waals surface area contributed by atoms with Crippen LogP contribution >= 0.6 is 8.03 Å². The summed E-state index contributed by atoms with van der Waals surface area (Å²) in [4.78, 5) is 10.2. The number of aryl methyl sites for hydroxylation is 1. The number of hydrogen-bond donors (Lipinski definition) is 0. The minimum Gasteiger partial charge on any atom is -0.490 e. The van der Waals surface area contributed by atoms with Crippen LogP contribution in [-0.4, -0.2) is 24.8 Å². The highest BCUT2D eigenvalue weighted by Gasteiger charge is 2.18. The van der Waals surface area contributed by atoms with E-state index in [1.54, 1.807) is 19.1 Å². The van der Waals surface area contributed by atoms with Crippen LogP contribution in [0.1, 0.15) is 12.5 Å². The van der Waals surface area contributed by atoms with E-state index in [1.807, 2.05) is 0 Å². The van der Waals surface area contributed by atoms with Gasteiger partial charge in [0.2, 0.25) is 0 Å². The van der Waals surface area contributed by atoms with Crippen LogP contribution in [0.4, 0.5) is 5.69 Å². The highest BCUT2D eigenvalue weighted by Crippen LogP contribution is 2.29. The third kappa shape index (κ3) is 4.05. The maximum Gasteiger partial charge on any atom is 0.508 e. The molecule has 0 aromatic heterocycles. The van der Waals surface area contributed by atoms with Gasteiger partial charge >= 0.3 is 13.7 Å². The van der Waals surface area contributed by atoms with E-state index in [9.17, 15) is 14.7 Å². The van der Waals surface area contributed by atoms with E-state index in [4.69, 9.17) is 9.26 Å². The summed E-state index contributed by atoms with van der Waals surface area (Å²) < 4.78 is 21.2. The second kappa shape index (κ2) is 7.03. The van der Waals surface area contributed by atoms with E-state index >= 15 is 0 Å². The van der Waals surface area contributed by atoms with Gasteiger partial charge in [0.25, 0.3) is 0 Å². The van der Waals surface area contributed by atoms with E-state index in [0.717, 1.165) is 5.56 Å². The monoisotopic (exact) mass is 272 g/mol. The molecule has 0 saturated carbocycles. The minimum absolute atomic E-state index is 0.0737. The summed E-state index contributed by atoms with van der Waals surface area (Å²) in [5.41, 5.74) is 0.760. The second-order valence-electron chi connectivity index (χ2n) is 3.49. The predicted octanol–water partition coefficient (Wildman–Crippen LogP) is 2.92. The second-order valence-corrected chi connectivity index (χ2v) is 4.86. The first-order valence-electron chi connectivity index (χ1n) is 5.47. The van der Waals surface area contributed by atoms with Crippen molar-refractivity contribution in [3.8, 4) is 5.75 Å². The highest BCUT2D eigenvalue weighted by molar-refractivity contribution is 7.39. The van der Waals surface area contributed by atoms with E-state index in [-0.39, 0.29) is 11.4 Å². The number of methoxy groups -OCH3 is 1. The molecule has 0 aliphatic carbocycles. The van der Waals surface area contributed by atoms with Gasteiger partial charge in [0.05, 0.1) is 18.6 Å². The normalized spacial score (nSPS) is 11.1. The Hall–Kier alpha value is -1.52. The molecule has 0 saturated heterocycles. The Kier molecular flexibility index (Phi) is 5.68. The summed E-state index contributed by atoms with van der Waals surface area (Å²) in [5.74, 6) is 0.212. The molecule has 98 valence electrons. The Bertz CT molecular complexity index is 449. The zero-order chi connectivity index (χ0) is 13.5. The minimum atomic E-state index is -1.66. The van der Waals surface area contributed by atoms with Crippen LogP contribution in [0, 0.1) is 10.1 Å². The largest absolute Gasteiger partial charge is 0.508 e. The molecule has 0 bridgehead atoms. The summed E-state index contributed by atoms with van der Waals surface area (Å²) >= 11 is 0. The van der Waals surface area contributed by atoms with Crippen LogP contribution < -0.4 is 4.74 Å². The van der Waals surface area contributed by atoms with Crippen LogP contribution in [0.5, 0.6) is 5.75 Å². The van der Waals surface area contributed by atoms with Gasteiger partial charge in [-0.05, 0) is 23.1 Å². The Morgan fingerprint density at radius 2 is 2.17 bits per heavy atom. The van der Waals surface area contributed by atoms with Crippen LogP contribution in [0.25, 0.3) is 0 Å². The van der Waals surface area contributed by atoms with E-state index < -0.39 is 13.0 Å². The van der Waals surface area contributed by atoms with E-state index in [0.29, 0.717) is 19.2 Å². The first-order valence-corrected chi connectivity index (χ1v) is 6.83. The van der Waals surface area contributed by atoms with Crippen molar-refractivity contribution >= 4 is 13.7 Å². The first-order chi connectivity index (χ1) is 8.58. The fraction of sp³-hybridized carbons (Fsp3) is 0.455. The molecular formula is C11H15NO5P+. The lowest BCUT2D eigenvalue weighted by atomic mass is 10.1. The Morgan fingerprint density at radius 1 is 1.44 bits per heavy atom. The van der Waals surface area contributed by atoms with Gasteiger partial charge in [-0.15, -0.1) is 4.52 Å². The molecule has 1 aromatic rings. The van der Waals surface area contributed by atoms with Gasteiger partial charge < -0.3 is 4.74 Å². The first kappa shape index (κ1) is 14.5. The molecule has 18 heavy (non-hydrogen) atoms. The van der Waals surface area contributed by atoms with Crippen molar-refractivity contribution in [1.82, 2.24) is 0 Å². The van der Waals surface area contributed by atoms with Gasteiger partial charge in [0.1, 0.15) is 0 Å². The number of nitro groups is 1. The molecule has 0 amide bonds. The molecule has 0 fully saturated rings. The topological polar surface area (TPSA) is 78.7 Å². The molecule has 6 nitrogen and oxygen atoms in total. The maximum atomic E-state index is 11.3. The van der Waals surface area contributed by atoms with Crippen LogP contribution in [0.15, 0.2) is 18.2 Å². The van der Waals surface area contributed by atoms with Gasteiger partial charge in [-0.25, -0.2) is 0 Å². The average molecular weight is 272 g/mol. The van der Waals surface area contributed by atoms with Gasteiger partial charge in [-0.2, -0.15) is 0 Å². The molecule has 1 rings (SSSR count). The summed E-state index contributed by atoms with van der Waals surface area (Å²) in [6.07, 6.45) is 0.924. The fourth-order valence-corrected chi connectivity index (χ4v) is 2.32. The van der Waals surface area contributed by atoms with E-state index in [1.165, 1.54) is 13.2 Å².